The van der Waals surface area contributed by atoms with Crippen molar-refractivity contribution in [3.05, 3.63) is 15.6 Å². The fourth-order valence-electron chi connectivity index (χ4n) is 2.11. The SMILES string of the molecule is CCCCCCCC(NN)c1sc(C)nc1C. The van der Waals surface area contributed by atoms with Crippen LogP contribution in [-0.2, 0) is 0 Å². The van der Waals surface area contributed by atoms with E-state index >= 15 is 0 Å². The van der Waals surface area contributed by atoms with Crippen LogP contribution in [0.15, 0.2) is 0 Å². The average Bonchev–Trinajstić information content (AvgIpc) is 2.63. The second-order valence-electron chi connectivity index (χ2n) is 4.60. The van der Waals surface area contributed by atoms with Crippen molar-refractivity contribution in [3.63, 3.8) is 0 Å². The van der Waals surface area contributed by atoms with Crippen LogP contribution in [0.4, 0.5) is 0 Å². The van der Waals surface area contributed by atoms with Crippen LogP contribution >= 0.6 is 11.3 Å². The minimum atomic E-state index is 0.280. The maximum atomic E-state index is 5.65. The highest BCUT2D eigenvalue weighted by molar-refractivity contribution is 7.11. The van der Waals surface area contributed by atoms with Crippen molar-refractivity contribution in [2.75, 3.05) is 0 Å². The molecule has 17 heavy (non-hydrogen) atoms. The van der Waals surface area contributed by atoms with Crippen molar-refractivity contribution in [3.8, 4) is 0 Å². The summed E-state index contributed by atoms with van der Waals surface area (Å²) in [6.07, 6.45) is 7.65. The number of aromatic nitrogens is 1. The highest BCUT2D eigenvalue weighted by atomic mass is 32.1. The molecule has 1 atom stereocenters. The van der Waals surface area contributed by atoms with Crippen LogP contribution < -0.4 is 11.3 Å². The number of thiazole rings is 1. The molecule has 4 heteroatoms. The molecular weight excluding hydrogens is 230 g/mol. The molecular formula is C13H25N3S. The Morgan fingerprint density at radius 3 is 2.47 bits per heavy atom. The van der Waals surface area contributed by atoms with Crippen molar-refractivity contribution in [1.82, 2.24) is 10.4 Å². The van der Waals surface area contributed by atoms with Gasteiger partial charge in [0.1, 0.15) is 0 Å². The Hall–Kier alpha value is -0.450. The van der Waals surface area contributed by atoms with E-state index in [2.05, 4.69) is 31.2 Å². The molecule has 0 bridgehead atoms. The van der Waals surface area contributed by atoms with E-state index in [1.165, 1.54) is 37.0 Å². The van der Waals surface area contributed by atoms with Gasteiger partial charge in [0, 0.05) is 4.88 Å². The monoisotopic (exact) mass is 255 g/mol. The van der Waals surface area contributed by atoms with Crippen LogP contribution in [0.1, 0.15) is 67.1 Å². The second kappa shape index (κ2) is 7.80. The summed E-state index contributed by atoms with van der Waals surface area (Å²) in [5.41, 5.74) is 4.06. The zero-order chi connectivity index (χ0) is 12.7. The Bertz CT molecular complexity index is 322. The minimum Gasteiger partial charge on any atom is -0.271 e. The molecule has 0 fully saturated rings. The average molecular weight is 255 g/mol. The van der Waals surface area contributed by atoms with Gasteiger partial charge in [-0.15, -0.1) is 11.3 Å². The molecule has 0 aliphatic heterocycles. The summed E-state index contributed by atoms with van der Waals surface area (Å²) in [6, 6.07) is 0.280. The number of unbranched alkanes of at least 4 members (excludes halogenated alkanes) is 4. The molecule has 0 spiro atoms. The van der Waals surface area contributed by atoms with Crippen LogP contribution in [0.25, 0.3) is 0 Å². The molecule has 0 saturated carbocycles. The minimum absolute atomic E-state index is 0.280. The summed E-state index contributed by atoms with van der Waals surface area (Å²) in [7, 11) is 0. The van der Waals surface area contributed by atoms with Crippen molar-refractivity contribution in [1.29, 1.82) is 0 Å². The molecule has 3 N–H and O–H groups in total. The van der Waals surface area contributed by atoms with Crippen LogP contribution in [0, 0.1) is 13.8 Å². The Morgan fingerprint density at radius 1 is 1.24 bits per heavy atom. The Balaban J connectivity index is 2.40. The first-order valence-corrected chi connectivity index (χ1v) is 7.40. The van der Waals surface area contributed by atoms with Gasteiger partial charge in [0.25, 0.3) is 0 Å². The van der Waals surface area contributed by atoms with Gasteiger partial charge in [-0.3, -0.25) is 11.3 Å². The summed E-state index contributed by atoms with van der Waals surface area (Å²) in [5, 5.41) is 1.13. The number of nitrogens with zero attached hydrogens (tertiary/aromatic N) is 1. The van der Waals surface area contributed by atoms with Gasteiger partial charge in [-0.05, 0) is 20.3 Å². The predicted octanol–water partition coefficient (Wildman–Crippen LogP) is 3.62. The molecule has 0 aliphatic rings. The summed E-state index contributed by atoms with van der Waals surface area (Å²) in [6.45, 7) is 6.37. The standard InChI is InChI=1S/C13H25N3S/c1-4-5-6-7-8-9-12(16-14)13-10(2)15-11(3)17-13/h12,16H,4-9,14H2,1-3H3. The maximum Gasteiger partial charge on any atom is 0.0900 e. The van der Waals surface area contributed by atoms with Gasteiger partial charge >= 0.3 is 0 Å². The van der Waals surface area contributed by atoms with E-state index in [0.717, 1.165) is 17.1 Å². The van der Waals surface area contributed by atoms with Gasteiger partial charge < -0.3 is 0 Å². The highest BCUT2D eigenvalue weighted by Crippen LogP contribution is 2.28. The van der Waals surface area contributed by atoms with Crippen LogP contribution in [0.2, 0.25) is 0 Å². The van der Waals surface area contributed by atoms with Gasteiger partial charge in [0.15, 0.2) is 0 Å². The third-order valence-corrected chi connectivity index (χ3v) is 4.24. The Morgan fingerprint density at radius 2 is 1.94 bits per heavy atom. The lowest BCUT2D eigenvalue weighted by molar-refractivity contribution is 0.482. The zero-order valence-electron chi connectivity index (χ0n) is 11.3. The Labute approximate surface area is 109 Å². The maximum absolute atomic E-state index is 5.65. The lowest BCUT2D eigenvalue weighted by atomic mass is 10.1. The molecule has 0 radical (unpaired) electrons. The van der Waals surface area contributed by atoms with E-state index < -0.39 is 0 Å². The molecule has 3 nitrogen and oxygen atoms in total. The van der Waals surface area contributed by atoms with Crippen molar-refractivity contribution < 1.29 is 0 Å². The van der Waals surface area contributed by atoms with E-state index in [9.17, 15) is 0 Å². The van der Waals surface area contributed by atoms with E-state index in [1.807, 2.05) is 0 Å². The largest absolute Gasteiger partial charge is 0.271 e. The Kier molecular flexibility index (Phi) is 6.70. The van der Waals surface area contributed by atoms with Gasteiger partial charge in [-0.2, -0.15) is 0 Å². The molecule has 0 aliphatic carbocycles. The summed E-state index contributed by atoms with van der Waals surface area (Å²) in [5.74, 6) is 5.65. The fraction of sp³-hybridized carbons (Fsp3) is 0.769. The number of hydrazine groups is 1. The third-order valence-electron chi connectivity index (χ3n) is 3.05. The van der Waals surface area contributed by atoms with Crippen molar-refractivity contribution in [2.45, 2.75) is 65.3 Å². The topological polar surface area (TPSA) is 50.9 Å². The molecule has 1 aromatic heterocycles. The van der Waals surface area contributed by atoms with Gasteiger partial charge in [0.05, 0.1) is 16.7 Å². The van der Waals surface area contributed by atoms with Crippen LogP contribution in [-0.4, -0.2) is 4.98 Å². The smallest absolute Gasteiger partial charge is 0.0900 e. The molecule has 98 valence electrons. The highest BCUT2D eigenvalue weighted by Gasteiger charge is 2.15. The second-order valence-corrected chi connectivity index (χ2v) is 5.84. The number of hydrogen-bond donors (Lipinski definition) is 2. The number of nitrogens with one attached hydrogen (secondary N) is 1. The van der Waals surface area contributed by atoms with Crippen molar-refractivity contribution in [2.24, 2.45) is 5.84 Å². The summed E-state index contributed by atoms with van der Waals surface area (Å²) in [4.78, 5) is 5.77. The lowest BCUT2D eigenvalue weighted by Gasteiger charge is -2.14. The molecule has 1 rings (SSSR count). The third kappa shape index (κ3) is 4.74. The van der Waals surface area contributed by atoms with Crippen LogP contribution in [0.3, 0.4) is 0 Å². The molecule has 1 heterocycles. The molecule has 0 saturated heterocycles. The first-order valence-electron chi connectivity index (χ1n) is 6.59. The summed E-state index contributed by atoms with van der Waals surface area (Å²) < 4.78 is 0. The fourth-order valence-corrected chi connectivity index (χ4v) is 3.13. The van der Waals surface area contributed by atoms with E-state index in [4.69, 9.17) is 5.84 Å². The van der Waals surface area contributed by atoms with Gasteiger partial charge in [0.2, 0.25) is 0 Å². The first-order chi connectivity index (χ1) is 8.19. The summed E-state index contributed by atoms with van der Waals surface area (Å²) >= 11 is 1.76. The molecule has 0 amide bonds. The van der Waals surface area contributed by atoms with E-state index in [-0.39, 0.29) is 6.04 Å². The number of rotatable bonds is 8. The van der Waals surface area contributed by atoms with Crippen LogP contribution in [0.5, 0.6) is 0 Å². The molecule has 0 aromatic carbocycles. The van der Waals surface area contributed by atoms with Gasteiger partial charge in [-0.25, -0.2) is 4.98 Å². The lowest BCUT2D eigenvalue weighted by Crippen LogP contribution is -2.27. The first kappa shape index (κ1) is 14.6. The number of aryl methyl sites for hydroxylation is 2. The van der Waals surface area contributed by atoms with Crippen molar-refractivity contribution >= 4 is 11.3 Å². The normalized spacial score (nSPS) is 12.9. The molecule has 1 aromatic rings. The molecule has 1 unspecified atom stereocenters. The predicted molar refractivity (Wildman–Crippen MR) is 75.0 cm³/mol. The number of nitrogens with two attached hydrogens (primary N) is 1. The van der Waals surface area contributed by atoms with E-state index in [0.29, 0.717) is 0 Å². The van der Waals surface area contributed by atoms with Gasteiger partial charge in [-0.1, -0.05) is 39.0 Å². The van der Waals surface area contributed by atoms with E-state index in [1.54, 1.807) is 11.3 Å². The number of hydrogen-bond acceptors (Lipinski definition) is 4. The quantitative estimate of drug-likeness (QED) is 0.424. The zero-order valence-corrected chi connectivity index (χ0v) is 12.1.